The molecule has 0 aromatic rings. The molecule has 2 fully saturated rings. The highest BCUT2D eigenvalue weighted by molar-refractivity contribution is 14.0. The van der Waals surface area contributed by atoms with Crippen LogP contribution in [0.15, 0.2) is 4.99 Å². The van der Waals surface area contributed by atoms with Crippen LogP contribution in [-0.4, -0.2) is 61.6 Å². The van der Waals surface area contributed by atoms with Gasteiger partial charge >= 0.3 is 0 Å². The summed E-state index contributed by atoms with van der Waals surface area (Å²) in [7, 11) is 2.22. The van der Waals surface area contributed by atoms with E-state index in [9.17, 15) is 0 Å². The Balaban J connectivity index is 0.00000242. The molecule has 2 unspecified atom stereocenters. The fraction of sp³-hybridized carbons (Fsp3) is 0.938. The molecular formula is C16H33IN4S. The molecule has 1 saturated carbocycles. The molecular weight excluding hydrogens is 407 g/mol. The number of likely N-dealkylation sites (tertiary alicyclic amines) is 1. The third-order valence-corrected chi connectivity index (χ3v) is 5.84. The second-order valence-corrected chi connectivity index (χ2v) is 7.62. The minimum absolute atomic E-state index is 0. The van der Waals surface area contributed by atoms with Crippen molar-refractivity contribution in [3.05, 3.63) is 0 Å². The van der Waals surface area contributed by atoms with E-state index in [0.717, 1.165) is 30.2 Å². The normalized spacial score (nSPS) is 27.5. The smallest absolute Gasteiger partial charge is 0.191 e. The molecule has 1 heterocycles. The monoisotopic (exact) mass is 440 g/mol. The number of nitrogens with one attached hydrogen (secondary N) is 2. The van der Waals surface area contributed by atoms with Crippen molar-refractivity contribution < 1.29 is 0 Å². The van der Waals surface area contributed by atoms with Gasteiger partial charge in [-0.3, -0.25) is 4.99 Å². The second-order valence-electron chi connectivity index (χ2n) is 6.48. The fourth-order valence-electron chi connectivity index (χ4n) is 3.26. The van der Waals surface area contributed by atoms with Gasteiger partial charge in [-0.15, -0.1) is 24.0 Å². The largest absolute Gasteiger partial charge is 0.357 e. The summed E-state index contributed by atoms with van der Waals surface area (Å²) in [5, 5.41) is 7.89. The van der Waals surface area contributed by atoms with Gasteiger partial charge in [0, 0.05) is 24.4 Å². The average molecular weight is 440 g/mol. The van der Waals surface area contributed by atoms with Crippen LogP contribution in [0.5, 0.6) is 0 Å². The Morgan fingerprint density at radius 2 is 1.95 bits per heavy atom. The first-order chi connectivity index (χ1) is 10.2. The van der Waals surface area contributed by atoms with Crippen molar-refractivity contribution in [3.63, 3.8) is 0 Å². The molecule has 0 aromatic carbocycles. The lowest BCUT2D eigenvalue weighted by molar-refractivity contribution is 0.223. The van der Waals surface area contributed by atoms with Gasteiger partial charge in [0.25, 0.3) is 0 Å². The SMILES string of the molecule is CCNC(=NCC1CCN(C)CC1)NC1CCC(SC)C1.I. The minimum atomic E-state index is 0. The van der Waals surface area contributed by atoms with Crippen molar-refractivity contribution in [2.24, 2.45) is 10.9 Å². The van der Waals surface area contributed by atoms with Crippen LogP contribution in [0.3, 0.4) is 0 Å². The molecule has 22 heavy (non-hydrogen) atoms. The van der Waals surface area contributed by atoms with Gasteiger partial charge in [-0.25, -0.2) is 0 Å². The molecule has 0 amide bonds. The minimum Gasteiger partial charge on any atom is -0.357 e. The highest BCUT2D eigenvalue weighted by atomic mass is 127. The quantitative estimate of drug-likeness (QED) is 0.392. The van der Waals surface area contributed by atoms with Gasteiger partial charge in [-0.05, 0) is 71.3 Å². The highest BCUT2D eigenvalue weighted by Crippen LogP contribution is 2.28. The molecule has 0 bridgehead atoms. The molecule has 1 saturated heterocycles. The van der Waals surface area contributed by atoms with E-state index in [0.29, 0.717) is 6.04 Å². The van der Waals surface area contributed by atoms with E-state index in [2.05, 4.69) is 35.8 Å². The van der Waals surface area contributed by atoms with Crippen LogP contribution in [0.1, 0.15) is 39.0 Å². The fourth-order valence-corrected chi connectivity index (χ4v) is 4.06. The van der Waals surface area contributed by atoms with Crippen LogP contribution in [0.2, 0.25) is 0 Å². The number of hydrogen-bond donors (Lipinski definition) is 2. The summed E-state index contributed by atoms with van der Waals surface area (Å²) < 4.78 is 0. The van der Waals surface area contributed by atoms with E-state index in [1.807, 2.05) is 11.8 Å². The molecule has 0 spiro atoms. The Morgan fingerprint density at radius 3 is 2.55 bits per heavy atom. The van der Waals surface area contributed by atoms with E-state index in [1.165, 1.54) is 45.2 Å². The van der Waals surface area contributed by atoms with Crippen LogP contribution in [0.4, 0.5) is 0 Å². The van der Waals surface area contributed by atoms with Crippen molar-refractivity contribution in [1.29, 1.82) is 0 Å². The molecule has 1 aliphatic carbocycles. The van der Waals surface area contributed by atoms with Gasteiger partial charge in [0.15, 0.2) is 5.96 Å². The zero-order chi connectivity index (χ0) is 15.1. The van der Waals surface area contributed by atoms with Crippen LogP contribution >= 0.6 is 35.7 Å². The summed E-state index contributed by atoms with van der Waals surface area (Å²) in [6.07, 6.45) is 8.71. The number of halogens is 1. The molecule has 1 aliphatic heterocycles. The summed E-state index contributed by atoms with van der Waals surface area (Å²) in [6.45, 7) is 6.51. The van der Waals surface area contributed by atoms with E-state index in [4.69, 9.17) is 4.99 Å². The van der Waals surface area contributed by atoms with E-state index in [-0.39, 0.29) is 24.0 Å². The molecule has 130 valence electrons. The second kappa shape index (κ2) is 11.0. The maximum Gasteiger partial charge on any atom is 0.191 e. The third-order valence-electron chi connectivity index (χ3n) is 4.75. The van der Waals surface area contributed by atoms with Gasteiger partial charge in [0.2, 0.25) is 0 Å². The van der Waals surface area contributed by atoms with Crippen molar-refractivity contribution in [2.45, 2.75) is 50.3 Å². The molecule has 2 N–H and O–H groups in total. The summed E-state index contributed by atoms with van der Waals surface area (Å²) >= 11 is 2.01. The number of aliphatic imine (C=N–C) groups is 1. The molecule has 0 aromatic heterocycles. The van der Waals surface area contributed by atoms with Crippen molar-refractivity contribution >= 4 is 41.7 Å². The van der Waals surface area contributed by atoms with E-state index >= 15 is 0 Å². The van der Waals surface area contributed by atoms with E-state index < -0.39 is 0 Å². The summed E-state index contributed by atoms with van der Waals surface area (Å²) in [4.78, 5) is 7.27. The van der Waals surface area contributed by atoms with Crippen molar-refractivity contribution in [2.75, 3.05) is 39.5 Å². The van der Waals surface area contributed by atoms with Gasteiger partial charge in [0.05, 0.1) is 0 Å². The lowest BCUT2D eigenvalue weighted by Crippen LogP contribution is -2.43. The molecule has 4 nitrogen and oxygen atoms in total. The maximum absolute atomic E-state index is 4.85. The van der Waals surface area contributed by atoms with Gasteiger partial charge in [-0.2, -0.15) is 11.8 Å². The maximum atomic E-state index is 4.85. The predicted octanol–water partition coefficient (Wildman–Crippen LogP) is 2.79. The predicted molar refractivity (Wildman–Crippen MR) is 110 cm³/mol. The number of hydrogen-bond acceptors (Lipinski definition) is 3. The number of guanidine groups is 1. The number of thioether (sulfide) groups is 1. The lowest BCUT2D eigenvalue weighted by Gasteiger charge is -2.28. The van der Waals surface area contributed by atoms with Crippen LogP contribution < -0.4 is 10.6 Å². The summed E-state index contributed by atoms with van der Waals surface area (Å²) in [5.41, 5.74) is 0. The Kier molecular flexibility index (Phi) is 10.1. The van der Waals surface area contributed by atoms with Gasteiger partial charge in [-0.1, -0.05) is 0 Å². The molecule has 6 heteroatoms. The van der Waals surface area contributed by atoms with Crippen molar-refractivity contribution in [3.8, 4) is 0 Å². The number of rotatable bonds is 5. The van der Waals surface area contributed by atoms with Crippen LogP contribution in [0, 0.1) is 5.92 Å². The highest BCUT2D eigenvalue weighted by Gasteiger charge is 2.24. The Labute approximate surface area is 157 Å². The summed E-state index contributed by atoms with van der Waals surface area (Å²) in [5.74, 6) is 1.79. The number of nitrogens with zero attached hydrogens (tertiary/aromatic N) is 2. The first-order valence-electron chi connectivity index (χ1n) is 8.47. The third kappa shape index (κ3) is 6.83. The Bertz CT molecular complexity index is 332. The molecule has 2 atom stereocenters. The first kappa shape index (κ1) is 20.4. The lowest BCUT2D eigenvalue weighted by atomic mass is 9.97. The first-order valence-corrected chi connectivity index (χ1v) is 9.76. The standard InChI is InChI=1S/C16H32N4S.HI/c1-4-17-16(19-14-5-6-15(11-14)21-3)18-12-13-7-9-20(2)10-8-13;/h13-15H,4-12H2,1-3H3,(H2,17,18,19);1H. The van der Waals surface area contributed by atoms with Crippen LogP contribution in [-0.2, 0) is 0 Å². The Hall–Kier alpha value is 0.310. The average Bonchev–Trinajstić information content (AvgIpc) is 2.94. The summed E-state index contributed by atoms with van der Waals surface area (Å²) in [6, 6.07) is 0.609. The van der Waals surface area contributed by atoms with E-state index in [1.54, 1.807) is 0 Å². The topological polar surface area (TPSA) is 39.7 Å². The van der Waals surface area contributed by atoms with Gasteiger partial charge < -0.3 is 15.5 Å². The van der Waals surface area contributed by atoms with Crippen molar-refractivity contribution in [1.82, 2.24) is 15.5 Å². The molecule has 2 aliphatic rings. The Morgan fingerprint density at radius 1 is 1.23 bits per heavy atom. The zero-order valence-electron chi connectivity index (χ0n) is 14.3. The molecule has 0 radical (unpaired) electrons. The van der Waals surface area contributed by atoms with Gasteiger partial charge in [0.1, 0.15) is 0 Å². The zero-order valence-corrected chi connectivity index (χ0v) is 17.5. The van der Waals surface area contributed by atoms with Crippen LogP contribution in [0.25, 0.3) is 0 Å². The molecule has 2 rings (SSSR count). The number of piperidine rings is 1.